The number of methoxy groups -OCH3 is 1. The fourth-order valence-corrected chi connectivity index (χ4v) is 2.96. The first-order chi connectivity index (χ1) is 8.59. The van der Waals surface area contributed by atoms with Crippen LogP contribution in [0.25, 0.3) is 0 Å². The molecule has 1 N–H and O–H groups in total. The molecule has 5 heteroatoms. The Bertz CT molecular complexity index is 330. The number of carbonyl (C=O) groups is 2. The predicted molar refractivity (Wildman–Crippen MR) is 65.1 cm³/mol. The van der Waals surface area contributed by atoms with Crippen LogP contribution < -0.4 is 0 Å². The Morgan fingerprint density at radius 2 is 1.94 bits per heavy atom. The Morgan fingerprint density at radius 1 is 1.33 bits per heavy atom. The van der Waals surface area contributed by atoms with Crippen molar-refractivity contribution in [2.45, 2.75) is 32.1 Å². The van der Waals surface area contributed by atoms with Crippen LogP contribution in [0.2, 0.25) is 0 Å². The number of amides is 1. The van der Waals surface area contributed by atoms with E-state index < -0.39 is 5.97 Å². The highest BCUT2D eigenvalue weighted by Crippen LogP contribution is 2.43. The molecule has 1 heterocycles. The van der Waals surface area contributed by atoms with E-state index in [2.05, 4.69) is 0 Å². The topological polar surface area (TPSA) is 66.8 Å². The summed E-state index contributed by atoms with van der Waals surface area (Å²) in [6.07, 6.45) is 4.03. The first kappa shape index (κ1) is 13.3. The first-order valence-electron chi connectivity index (χ1n) is 6.60. The van der Waals surface area contributed by atoms with E-state index in [1.54, 1.807) is 7.11 Å². The van der Waals surface area contributed by atoms with Gasteiger partial charge in [0.2, 0.25) is 5.91 Å². The molecule has 0 aromatic carbocycles. The van der Waals surface area contributed by atoms with Gasteiger partial charge in [0.05, 0.1) is 17.9 Å². The van der Waals surface area contributed by atoms with Crippen molar-refractivity contribution in [1.29, 1.82) is 0 Å². The molecule has 1 aliphatic carbocycles. The van der Waals surface area contributed by atoms with Gasteiger partial charge in [-0.2, -0.15) is 0 Å². The second-order valence-corrected chi connectivity index (χ2v) is 5.47. The van der Waals surface area contributed by atoms with Crippen LogP contribution in [0.1, 0.15) is 32.1 Å². The lowest BCUT2D eigenvalue weighted by molar-refractivity contribution is -0.156. The van der Waals surface area contributed by atoms with Crippen molar-refractivity contribution in [3.8, 4) is 0 Å². The van der Waals surface area contributed by atoms with E-state index in [1.165, 1.54) is 0 Å². The molecule has 5 nitrogen and oxygen atoms in total. The normalized spacial score (nSPS) is 23.5. The van der Waals surface area contributed by atoms with Crippen LogP contribution in [0.3, 0.4) is 0 Å². The van der Waals surface area contributed by atoms with E-state index in [0.717, 1.165) is 19.3 Å². The van der Waals surface area contributed by atoms with Gasteiger partial charge in [-0.15, -0.1) is 0 Å². The van der Waals surface area contributed by atoms with Gasteiger partial charge >= 0.3 is 5.97 Å². The summed E-state index contributed by atoms with van der Waals surface area (Å²) in [6.45, 7) is 1.63. The van der Waals surface area contributed by atoms with Gasteiger partial charge in [0, 0.05) is 20.2 Å². The lowest BCUT2D eigenvalue weighted by Crippen LogP contribution is -2.52. The van der Waals surface area contributed by atoms with Gasteiger partial charge in [0.1, 0.15) is 0 Å². The molecule has 102 valence electrons. The quantitative estimate of drug-likeness (QED) is 0.817. The van der Waals surface area contributed by atoms with E-state index in [1.807, 2.05) is 4.90 Å². The van der Waals surface area contributed by atoms with Gasteiger partial charge in [-0.3, -0.25) is 9.59 Å². The van der Waals surface area contributed by atoms with Crippen LogP contribution >= 0.6 is 0 Å². The number of nitrogens with zero attached hydrogens (tertiary/aromatic N) is 1. The van der Waals surface area contributed by atoms with Crippen molar-refractivity contribution in [1.82, 2.24) is 4.90 Å². The number of rotatable bonds is 4. The van der Waals surface area contributed by atoms with E-state index in [4.69, 9.17) is 9.84 Å². The minimum absolute atomic E-state index is 0.166. The molecule has 1 saturated carbocycles. The SMILES string of the molecule is COCC1(C(=O)N2CCC(C(=O)O)CC2)CCC1. The minimum Gasteiger partial charge on any atom is -0.481 e. The van der Waals surface area contributed by atoms with Crippen LogP contribution in [-0.2, 0) is 14.3 Å². The van der Waals surface area contributed by atoms with E-state index in [9.17, 15) is 9.59 Å². The molecular formula is C13H21NO4. The summed E-state index contributed by atoms with van der Waals surface area (Å²) in [5.41, 5.74) is -0.315. The molecule has 2 rings (SSSR count). The average molecular weight is 255 g/mol. The molecule has 18 heavy (non-hydrogen) atoms. The number of carboxylic acid groups (broad SMARTS) is 1. The molecule has 0 spiro atoms. The molecule has 2 fully saturated rings. The van der Waals surface area contributed by atoms with Crippen LogP contribution in [0.4, 0.5) is 0 Å². The Hall–Kier alpha value is -1.10. The van der Waals surface area contributed by atoms with Crippen molar-refractivity contribution in [3.05, 3.63) is 0 Å². The number of likely N-dealkylation sites (tertiary alicyclic amines) is 1. The maximum atomic E-state index is 12.5. The lowest BCUT2D eigenvalue weighted by Gasteiger charge is -2.44. The summed E-state index contributed by atoms with van der Waals surface area (Å²) >= 11 is 0. The molecule has 0 aromatic rings. The van der Waals surface area contributed by atoms with E-state index in [-0.39, 0.29) is 17.2 Å². The van der Waals surface area contributed by atoms with Crippen LogP contribution in [0.15, 0.2) is 0 Å². The summed E-state index contributed by atoms with van der Waals surface area (Å²) in [6, 6.07) is 0. The number of hydrogen-bond acceptors (Lipinski definition) is 3. The highest BCUT2D eigenvalue weighted by atomic mass is 16.5. The number of aliphatic carboxylic acids is 1. The van der Waals surface area contributed by atoms with Crippen molar-refractivity contribution >= 4 is 11.9 Å². The fraction of sp³-hybridized carbons (Fsp3) is 0.846. The Balaban J connectivity index is 1.92. The van der Waals surface area contributed by atoms with Crippen molar-refractivity contribution in [2.75, 3.05) is 26.8 Å². The predicted octanol–water partition coefficient (Wildman–Crippen LogP) is 1.13. The molecule has 0 aromatic heterocycles. The van der Waals surface area contributed by atoms with Crippen LogP contribution in [-0.4, -0.2) is 48.7 Å². The molecule has 1 amide bonds. The van der Waals surface area contributed by atoms with Gasteiger partial charge in [-0.25, -0.2) is 0 Å². The molecule has 0 bridgehead atoms. The van der Waals surface area contributed by atoms with Crippen LogP contribution in [0, 0.1) is 11.3 Å². The number of piperidine rings is 1. The van der Waals surface area contributed by atoms with Crippen LogP contribution in [0.5, 0.6) is 0 Å². The lowest BCUT2D eigenvalue weighted by atomic mass is 9.68. The average Bonchev–Trinajstić information content (AvgIpc) is 2.33. The molecular weight excluding hydrogens is 234 g/mol. The number of carboxylic acids is 1. The zero-order chi connectivity index (χ0) is 13.2. The maximum Gasteiger partial charge on any atom is 0.306 e. The van der Waals surface area contributed by atoms with Crippen molar-refractivity contribution in [3.63, 3.8) is 0 Å². The summed E-state index contributed by atoms with van der Waals surface area (Å²) in [5, 5.41) is 8.94. The number of hydrogen-bond donors (Lipinski definition) is 1. The fourth-order valence-electron chi connectivity index (χ4n) is 2.96. The van der Waals surface area contributed by atoms with Gasteiger partial charge in [0.25, 0.3) is 0 Å². The Labute approximate surface area is 107 Å². The molecule has 0 radical (unpaired) electrons. The van der Waals surface area contributed by atoms with E-state index >= 15 is 0 Å². The smallest absolute Gasteiger partial charge is 0.306 e. The first-order valence-corrected chi connectivity index (χ1v) is 6.60. The maximum absolute atomic E-state index is 12.5. The summed E-state index contributed by atoms with van der Waals surface area (Å²) in [7, 11) is 1.63. The molecule has 0 unspecified atom stereocenters. The molecule has 1 aliphatic heterocycles. The highest BCUT2D eigenvalue weighted by Gasteiger charge is 2.47. The second-order valence-electron chi connectivity index (χ2n) is 5.47. The Kier molecular flexibility index (Phi) is 3.90. The zero-order valence-electron chi connectivity index (χ0n) is 10.9. The van der Waals surface area contributed by atoms with E-state index in [0.29, 0.717) is 32.5 Å². The zero-order valence-corrected chi connectivity index (χ0v) is 10.9. The number of ether oxygens (including phenoxy) is 1. The standard InChI is InChI=1S/C13H21NO4/c1-18-9-13(5-2-6-13)12(17)14-7-3-10(4-8-14)11(15)16/h10H,2-9H2,1H3,(H,15,16). The molecule has 0 atom stereocenters. The molecule has 2 aliphatic rings. The van der Waals surface area contributed by atoms with Crippen molar-refractivity contribution in [2.24, 2.45) is 11.3 Å². The third-order valence-electron chi connectivity index (χ3n) is 4.32. The van der Waals surface area contributed by atoms with Crippen molar-refractivity contribution < 1.29 is 19.4 Å². The number of carbonyl (C=O) groups excluding carboxylic acids is 1. The summed E-state index contributed by atoms with van der Waals surface area (Å²) in [4.78, 5) is 25.2. The third kappa shape index (κ3) is 2.36. The van der Waals surface area contributed by atoms with Gasteiger partial charge in [0.15, 0.2) is 0 Å². The summed E-state index contributed by atoms with van der Waals surface area (Å²) < 4.78 is 5.18. The van der Waals surface area contributed by atoms with Gasteiger partial charge < -0.3 is 14.7 Å². The van der Waals surface area contributed by atoms with Gasteiger partial charge in [-0.05, 0) is 25.7 Å². The molecule has 1 saturated heterocycles. The van der Waals surface area contributed by atoms with Gasteiger partial charge in [-0.1, -0.05) is 6.42 Å². The monoisotopic (exact) mass is 255 g/mol. The second kappa shape index (κ2) is 5.26. The minimum atomic E-state index is -0.739. The Morgan fingerprint density at radius 3 is 2.33 bits per heavy atom. The summed E-state index contributed by atoms with van der Waals surface area (Å²) in [5.74, 6) is -0.856. The highest BCUT2D eigenvalue weighted by molar-refractivity contribution is 5.84. The largest absolute Gasteiger partial charge is 0.481 e. The third-order valence-corrected chi connectivity index (χ3v) is 4.32.